The fourth-order valence-corrected chi connectivity index (χ4v) is 1.40. The largest absolute Gasteiger partial charge is 0.465 e. The lowest BCUT2D eigenvalue weighted by atomic mass is 10.4. The molecular weight excluding hydrogens is 252 g/mol. The predicted molar refractivity (Wildman–Crippen MR) is 65.5 cm³/mol. The highest BCUT2D eigenvalue weighted by Crippen LogP contribution is 2.00. The molecule has 0 spiro atoms. The van der Waals surface area contributed by atoms with Gasteiger partial charge in [0.05, 0.1) is 13.2 Å². The second-order valence-corrected chi connectivity index (χ2v) is 3.77. The summed E-state index contributed by atoms with van der Waals surface area (Å²) < 4.78 is 9.73. The third-order valence-corrected chi connectivity index (χ3v) is 2.27. The average molecular weight is 270 g/mol. The summed E-state index contributed by atoms with van der Waals surface area (Å²) in [5, 5.41) is 6.36. The maximum atomic E-state index is 12.1. The van der Waals surface area contributed by atoms with Crippen LogP contribution >= 0.6 is 0 Å². The molecule has 1 rings (SSSR count). The number of amides is 1. The number of hydrogen-bond donors (Lipinski definition) is 1. The zero-order chi connectivity index (χ0) is 14.3. The standard InChI is InChI=1S/C11H18N4O4/c1-4-19-9(16)7-15(5-6-18-3)11(17)10-12-8(2)13-14-10/h4-7H2,1-3H3,(H,12,13,14). The summed E-state index contributed by atoms with van der Waals surface area (Å²) in [5.74, 6) is -0.349. The summed E-state index contributed by atoms with van der Waals surface area (Å²) in [4.78, 5) is 28.8. The first-order valence-electron chi connectivity index (χ1n) is 5.91. The van der Waals surface area contributed by atoms with Crippen LogP contribution in [0.3, 0.4) is 0 Å². The molecule has 0 aliphatic rings. The molecule has 1 N–H and O–H groups in total. The van der Waals surface area contributed by atoms with Gasteiger partial charge >= 0.3 is 5.97 Å². The molecule has 1 heterocycles. The monoisotopic (exact) mass is 270 g/mol. The van der Waals surface area contributed by atoms with Crippen molar-refractivity contribution >= 4 is 11.9 Å². The van der Waals surface area contributed by atoms with Gasteiger partial charge < -0.3 is 14.4 Å². The third-order valence-electron chi connectivity index (χ3n) is 2.27. The van der Waals surface area contributed by atoms with Gasteiger partial charge in [0.1, 0.15) is 12.4 Å². The van der Waals surface area contributed by atoms with Crippen LogP contribution in [0, 0.1) is 6.92 Å². The minimum Gasteiger partial charge on any atom is -0.465 e. The van der Waals surface area contributed by atoms with Crippen molar-refractivity contribution in [3.05, 3.63) is 11.6 Å². The Morgan fingerprint density at radius 3 is 2.68 bits per heavy atom. The first-order valence-corrected chi connectivity index (χ1v) is 5.91. The van der Waals surface area contributed by atoms with Gasteiger partial charge in [0.15, 0.2) is 0 Å². The van der Waals surface area contributed by atoms with E-state index in [0.717, 1.165) is 0 Å². The van der Waals surface area contributed by atoms with E-state index in [2.05, 4.69) is 15.2 Å². The number of esters is 1. The van der Waals surface area contributed by atoms with Gasteiger partial charge in [0, 0.05) is 13.7 Å². The molecule has 1 amide bonds. The number of carbonyl (C=O) groups is 2. The number of methoxy groups -OCH3 is 1. The summed E-state index contributed by atoms with van der Waals surface area (Å²) in [5.41, 5.74) is 0. The molecule has 0 bridgehead atoms. The number of ether oxygens (including phenoxy) is 2. The average Bonchev–Trinajstić information content (AvgIpc) is 2.80. The molecule has 0 aromatic carbocycles. The summed E-state index contributed by atoms with van der Waals surface area (Å²) in [7, 11) is 1.52. The number of H-pyrrole nitrogens is 1. The minimum absolute atomic E-state index is 0.0258. The van der Waals surface area contributed by atoms with Gasteiger partial charge in [-0.05, 0) is 13.8 Å². The lowest BCUT2D eigenvalue weighted by molar-refractivity contribution is -0.143. The molecule has 0 saturated carbocycles. The van der Waals surface area contributed by atoms with E-state index < -0.39 is 11.9 Å². The van der Waals surface area contributed by atoms with Crippen LogP contribution < -0.4 is 0 Å². The molecule has 0 fully saturated rings. The number of carbonyl (C=O) groups excluding carboxylic acids is 2. The van der Waals surface area contributed by atoms with E-state index in [4.69, 9.17) is 9.47 Å². The van der Waals surface area contributed by atoms with Gasteiger partial charge in [-0.3, -0.25) is 14.7 Å². The molecular formula is C11H18N4O4. The van der Waals surface area contributed by atoms with E-state index in [1.807, 2.05) is 0 Å². The van der Waals surface area contributed by atoms with E-state index >= 15 is 0 Å². The maximum Gasteiger partial charge on any atom is 0.325 e. The Morgan fingerprint density at radius 1 is 1.42 bits per heavy atom. The Morgan fingerprint density at radius 2 is 2.16 bits per heavy atom. The Labute approximate surface area is 111 Å². The minimum atomic E-state index is -0.473. The normalized spacial score (nSPS) is 10.3. The molecule has 0 atom stereocenters. The molecule has 0 aliphatic carbocycles. The predicted octanol–water partition coefficient (Wildman–Crippen LogP) is -0.235. The smallest absolute Gasteiger partial charge is 0.325 e. The third kappa shape index (κ3) is 4.66. The fourth-order valence-electron chi connectivity index (χ4n) is 1.40. The van der Waals surface area contributed by atoms with Crippen molar-refractivity contribution in [2.24, 2.45) is 0 Å². The number of hydrogen-bond acceptors (Lipinski definition) is 6. The number of nitrogens with zero attached hydrogens (tertiary/aromatic N) is 3. The Kier molecular flexibility index (Phi) is 5.94. The van der Waals surface area contributed by atoms with Crippen molar-refractivity contribution in [3.63, 3.8) is 0 Å². The molecule has 19 heavy (non-hydrogen) atoms. The number of rotatable bonds is 7. The first-order chi connectivity index (χ1) is 9.08. The highest BCUT2D eigenvalue weighted by Gasteiger charge is 2.22. The zero-order valence-corrected chi connectivity index (χ0v) is 11.3. The van der Waals surface area contributed by atoms with Crippen molar-refractivity contribution in [1.82, 2.24) is 20.1 Å². The molecule has 8 nitrogen and oxygen atoms in total. The second kappa shape index (κ2) is 7.47. The van der Waals surface area contributed by atoms with E-state index in [1.165, 1.54) is 12.0 Å². The van der Waals surface area contributed by atoms with Crippen LogP contribution in [0.5, 0.6) is 0 Å². The van der Waals surface area contributed by atoms with Crippen LogP contribution in [0.15, 0.2) is 0 Å². The summed E-state index contributed by atoms with van der Waals surface area (Å²) in [6, 6.07) is 0. The van der Waals surface area contributed by atoms with Crippen molar-refractivity contribution in [2.75, 3.05) is 33.4 Å². The van der Waals surface area contributed by atoms with Gasteiger partial charge in [0.25, 0.3) is 5.91 Å². The Bertz CT molecular complexity index is 432. The van der Waals surface area contributed by atoms with Crippen LogP contribution in [0.4, 0.5) is 0 Å². The summed E-state index contributed by atoms with van der Waals surface area (Å²) in [6.45, 7) is 4.09. The van der Waals surface area contributed by atoms with E-state index in [1.54, 1.807) is 13.8 Å². The van der Waals surface area contributed by atoms with Crippen LogP contribution in [0.2, 0.25) is 0 Å². The lowest BCUT2D eigenvalue weighted by Gasteiger charge is -2.19. The van der Waals surface area contributed by atoms with Crippen molar-refractivity contribution in [3.8, 4) is 0 Å². The van der Waals surface area contributed by atoms with E-state index in [9.17, 15) is 9.59 Å². The van der Waals surface area contributed by atoms with Crippen molar-refractivity contribution < 1.29 is 19.1 Å². The van der Waals surface area contributed by atoms with Gasteiger partial charge in [-0.1, -0.05) is 0 Å². The van der Waals surface area contributed by atoms with Gasteiger partial charge in [-0.25, -0.2) is 4.98 Å². The van der Waals surface area contributed by atoms with Crippen LogP contribution in [-0.4, -0.2) is 65.4 Å². The molecule has 0 unspecified atom stereocenters. The van der Waals surface area contributed by atoms with Gasteiger partial charge in [-0.15, -0.1) is 5.10 Å². The molecule has 1 aromatic rings. The Balaban J connectivity index is 2.72. The topological polar surface area (TPSA) is 97.4 Å². The number of nitrogens with one attached hydrogen (secondary N) is 1. The maximum absolute atomic E-state index is 12.1. The van der Waals surface area contributed by atoms with Crippen molar-refractivity contribution in [1.29, 1.82) is 0 Å². The number of aromatic nitrogens is 3. The lowest BCUT2D eigenvalue weighted by Crippen LogP contribution is -2.39. The van der Waals surface area contributed by atoms with E-state index in [-0.39, 0.29) is 25.5 Å². The fraction of sp³-hybridized carbons (Fsp3) is 0.636. The molecule has 1 aromatic heterocycles. The van der Waals surface area contributed by atoms with E-state index in [0.29, 0.717) is 12.4 Å². The first kappa shape index (κ1) is 15.1. The van der Waals surface area contributed by atoms with Gasteiger partial charge in [-0.2, -0.15) is 0 Å². The van der Waals surface area contributed by atoms with Crippen LogP contribution in [-0.2, 0) is 14.3 Å². The highest BCUT2D eigenvalue weighted by molar-refractivity contribution is 5.92. The summed E-state index contributed by atoms with van der Waals surface area (Å²) in [6.07, 6.45) is 0. The molecule has 0 aliphatic heterocycles. The number of aryl methyl sites for hydroxylation is 1. The molecule has 0 radical (unpaired) electrons. The molecule has 8 heteroatoms. The Hall–Kier alpha value is -1.96. The second-order valence-electron chi connectivity index (χ2n) is 3.77. The molecule has 106 valence electrons. The van der Waals surface area contributed by atoms with Crippen LogP contribution in [0.25, 0.3) is 0 Å². The number of aromatic amines is 1. The van der Waals surface area contributed by atoms with Gasteiger partial charge in [0.2, 0.25) is 5.82 Å². The van der Waals surface area contributed by atoms with Crippen LogP contribution in [0.1, 0.15) is 23.4 Å². The van der Waals surface area contributed by atoms with Crippen molar-refractivity contribution in [2.45, 2.75) is 13.8 Å². The SMILES string of the molecule is CCOC(=O)CN(CCOC)C(=O)c1n[nH]c(C)n1. The highest BCUT2D eigenvalue weighted by atomic mass is 16.5. The molecule has 0 saturated heterocycles. The summed E-state index contributed by atoms with van der Waals surface area (Å²) >= 11 is 0. The quantitative estimate of drug-likeness (QED) is 0.687. The zero-order valence-electron chi connectivity index (χ0n) is 11.3.